The Bertz CT molecular complexity index is 1520. The summed E-state index contributed by atoms with van der Waals surface area (Å²) >= 11 is 8.42. The van der Waals surface area contributed by atoms with Gasteiger partial charge in [0.1, 0.15) is 4.21 Å². The van der Waals surface area contributed by atoms with Gasteiger partial charge in [0, 0.05) is 25.5 Å². The van der Waals surface area contributed by atoms with E-state index >= 15 is 0 Å². The summed E-state index contributed by atoms with van der Waals surface area (Å²) in [7, 11) is -1.75. The average Bonchev–Trinajstić information content (AvgIpc) is 3.38. The van der Waals surface area contributed by atoms with Crippen molar-refractivity contribution in [1.82, 2.24) is 8.87 Å². The van der Waals surface area contributed by atoms with Crippen molar-refractivity contribution in [2.75, 3.05) is 13.1 Å². The zero-order valence-electron chi connectivity index (χ0n) is 17.2. The molecule has 0 saturated carbocycles. The lowest BCUT2D eigenvalue weighted by Gasteiger charge is -2.29. The van der Waals surface area contributed by atoms with Gasteiger partial charge in [-0.05, 0) is 36.4 Å². The van der Waals surface area contributed by atoms with Crippen LogP contribution in [-0.4, -0.2) is 36.3 Å². The third-order valence-electron chi connectivity index (χ3n) is 5.77. The monoisotopic (exact) mass is 505 g/mol. The molecule has 0 spiro atoms. The Labute approximate surface area is 198 Å². The van der Waals surface area contributed by atoms with Gasteiger partial charge in [-0.2, -0.15) is 9.30 Å². The van der Waals surface area contributed by atoms with Gasteiger partial charge < -0.3 is 4.57 Å². The van der Waals surface area contributed by atoms with Crippen molar-refractivity contribution in [2.45, 2.75) is 17.1 Å². The molecule has 10 heteroatoms. The standard InChI is InChI=1S/C22H20ClN3O3S3/c1-25-20-16-7-3-2-5-14(16)8-9-17(20)30-22(25)24-21(27)15-6-4-12-26(13-15)32(28,29)19-11-10-18(23)31-19/h2-3,5,7-11,15H,4,6,12-13H2,1H3. The molecule has 0 bridgehead atoms. The van der Waals surface area contributed by atoms with Crippen LogP contribution in [0.1, 0.15) is 12.8 Å². The zero-order valence-corrected chi connectivity index (χ0v) is 20.4. The molecule has 32 heavy (non-hydrogen) atoms. The molecule has 4 aromatic rings. The van der Waals surface area contributed by atoms with Crippen molar-refractivity contribution in [3.63, 3.8) is 0 Å². The number of piperidine rings is 1. The van der Waals surface area contributed by atoms with Crippen LogP contribution in [0.5, 0.6) is 0 Å². The smallest absolute Gasteiger partial charge is 0.252 e. The molecule has 6 nitrogen and oxygen atoms in total. The van der Waals surface area contributed by atoms with Crippen LogP contribution in [0, 0.1) is 5.92 Å². The molecular formula is C22H20ClN3O3S3. The first-order chi connectivity index (χ1) is 15.3. The maximum absolute atomic E-state index is 13.1. The van der Waals surface area contributed by atoms with Gasteiger partial charge in [0.05, 0.1) is 20.5 Å². The number of carbonyl (C=O) groups excluding carboxylic acids is 1. The number of carbonyl (C=O) groups is 1. The lowest BCUT2D eigenvalue weighted by Crippen LogP contribution is -2.42. The lowest BCUT2D eigenvalue weighted by atomic mass is 9.99. The molecule has 2 aromatic heterocycles. The number of rotatable bonds is 3. The van der Waals surface area contributed by atoms with Crippen LogP contribution in [-0.2, 0) is 21.9 Å². The summed E-state index contributed by atoms with van der Waals surface area (Å²) in [6, 6.07) is 15.3. The average molecular weight is 506 g/mol. The summed E-state index contributed by atoms with van der Waals surface area (Å²) in [4.78, 5) is 18.1. The molecule has 1 unspecified atom stereocenters. The van der Waals surface area contributed by atoms with Crippen LogP contribution >= 0.6 is 34.3 Å². The first-order valence-electron chi connectivity index (χ1n) is 10.2. The predicted octanol–water partition coefficient (Wildman–Crippen LogP) is 4.64. The summed E-state index contributed by atoms with van der Waals surface area (Å²) in [5.41, 5.74) is 1.04. The van der Waals surface area contributed by atoms with Crippen molar-refractivity contribution in [2.24, 2.45) is 18.0 Å². The third-order valence-corrected chi connectivity index (χ3v) is 10.4. The first kappa shape index (κ1) is 21.8. The largest absolute Gasteiger partial charge is 0.319 e. The number of aryl methyl sites for hydroxylation is 1. The third kappa shape index (κ3) is 3.82. The van der Waals surface area contributed by atoms with Crippen molar-refractivity contribution >= 4 is 71.2 Å². The highest BCUT2D eigenvalue weighted by atomic mass is 35.5. The van der Waals surface area contributed by atoms with Crippen LogP contribution in [0.2, 0.25) is 4.34 Å². The molecule has 1 atom stereocenters. The van der Waals surface area contributed by atoms with Crippen LogP contribution in [0.15, 0.2) is 57.7 Å². The second kappa shape index (κ2) is 8.39. The summed E-state index contributed by atoms with van der Waals surface area (Å²) in [5, 5.41) is 2.25. The Morgan fingerprint density at radius 2 is 1.94 bits per heavy atom. The maximum Gasteiger partial charge on any atom is 0.252 e. The molecule has 0 N–H and O–H groups in total. The van der Waals surface area contributed by atoms with Gasteiger partial charge in [-0.1, -0.05) is 53.3 Å². The minimum Gasteiger partial charge on any atom is -0.319 e. The normalized spacial score (nSPS) is 18.6. The number of aromatic nitrogens is 1. The fourth-order valence-corrected chi connectivity index (χ4v) is 8.34. The number of hydrogen-bond donors (Lipinski definition) is 0. The second-order valence-electron chi connectivity index (χ2n) is 7.79. The number of thiazole rings is 1. The molecule has 0 aliphatic carbocycles. The number of benzene rings is 2. The molecule has 1 aliphatic rings. The number of hydrogen-bond acceptors (Lipinski definition) is 5. The SMILES string of the molecule is Cn1c(=NC(=O)C2CCCN(S(=O)(=O)c3ccc(Cl)s3)C2)sc2ccc3ccccc3c21. The molecule has 1 amide bonds. The highest BCUT2D eigenvalue weighted by Gasteiger charge is 2.34. The molecule has 2 aromatic carbocycles. The van der Waals surface area contributed by atoms with E-state index in [1.807, 2.05) is 29.8 Å². The van der Waals surface area contributed by atoms with Gasteiger partial charge in [0.2, 0.25) is 0 Å². The van der Waals surface area contributed by atoms with Gasteiger partial charge in [0.15, 0.2) is 4.80 Å². The summed E-state index contributed by atoms with van der Waals surface area (Å²) in [5.74, 6) is -0.739. The number of fused-ring (bicyclic) bond motifs is 3. The fraction of sp³-hybridized carbons (Fsp3) is 0.273. The van der Waals surface area contributed by atoms with Gasteiger partial charge in [-0.25, -0.2) is 8.42 Å². The molecule has 0 radical (unpaired) electrons. The zero-order chi connectivity index (χ0) is 22.5. The highest BCUT2D eigenvalue weighted by molar-refractivity contribution is 7.91. The van der Waals surface area contributed by atoms with E-state index < -0.39 is 15.9 Å². The Balaban J connectivity index is 1.46. The minimum atomic E-state index is -3.66. The number of thiophene rings is 1. The van der Waals surface area contributed by atoms with Crippen LogP contribution in [0.4, 0.5) is 0 Å². The molecular weight excluding hydrogens is 486 g/mol. The van der Waals surface area contributed by atoms with Gasteiger partial charge in [0.25, 0.3) is 15.9 Å². The van der Waals surface area contributed by atoms with Crippen molar-refractivity contribution < 1.29 is 13.2 Å². The molecule has 1 aliphatic heterocycles. The Morgan fingerprint density at radius 1 is 1.12 bits per heavy atom. The minimum absolute atomic E-state index is 0.137. The van der Waals surface area contributed by atoms with Crippen molar-refractivity contribution in [1.29, 1.82) is 0 Å². The first-order valence-corrected chi connectivity index (χ1v) is 13.6. The Hall–Kier alpha value is -2.04. The van der Waals surface area contributed by atoms with E-state index in [4.69, 9.17) is 11.6 Å². The van der Waals surface area contributed by atoms with E-state index in [1.54, 1.807) is 6.07 Å². The van der Waals surface area contributed by atoms with Gasteiger partial charge in [-0.15, -0.1) is 11.3 Å². The van der Waals surface area contributed by atoms with Crippen LogP contribution < -0.4 is 4.80 Å². The number of halogens is 1. The number of sulfonamides is 1. The van der Waals surface area contributed by atoms with Gasteiger partial charge in [-0.3, -0.25) is 4.79 Å². The molecule has 1 fully saturated rings. The topological polar surface area (TPSA) is 71.7 Å². The van der Waals surface area contributed by atoms with E-state index in [1.165, 1.54) is 21.7 Å². The Morgan fingerprint density at radius 3 is 2.72 bits per heavy atom. The Kier molecular flexibility index (Phi) is 5.71. The second-order valence-corrected chi connectivity index (χ2v) is 12.7. The quantitative estimate of drug-likeness (QED) is 0.407. The maximum atomic E-state index is 13.1. The lowest BCUT2D eigenvalue weighted by molar-refractivity contribution is -0.122. The number of nitrogens with zero attached hydrogens (tertiary/aromatic N) is 3. The fourth-order valence-electron chi connectivity index (χ4n) is 4.14. The summed E-state index contributed by atoms with van der Waals surface area (Å²) < 4.78 is 30.9. The molecule has 5 rings (SSSR count). The van der Waals surface area contributed by atoms with E-state index in [0.29, 0.717) is 28.5 Å². The highest BCUT2D eigenvalue weighted by Crippen LogP contribution is 2.31. The summed E-state index contributed by atoms with van der Waals surface area (Å²) in [6.45, 7) is 0.530. The van der Waals surface area contributed by atoms with Crippen molar-refractivity contribution in [3.8, 4) is 0 Å². The van der Waals surface area contributed by atoms with Crippen molar-refractivity contribution in [3.05, 3.63) is 57.7 Å². The van der Waals surface area contributed by atoms with Crippen LogP contribution in [0.25, 0.3) is 21.0 Å². The van der Waals surface area contributed by atoms with Gasteiger partial charge >= 0.3 is 0 Å². The molecule has 3 heterocycles. The van der Waals surface area contributed by atoms with E-state index in [0.717, 1.165) is 32.3 Å². The van der Waals surface area contributed by atoms with E-state index in [9.17, 15) is 13.2 Å². The van der Waals surface area contributed by atoms with Crippen LogP contribution in [0.3, 0.4) is 0 Å². The number of amides is 1. The summed E-state index contributed by atoms with van der Waals surface area (Å²) in [6.07, 6.45) is 1.24. The predicted molar refractivity (Wildman–Crippen MR) is 130 cm³/mol. The van der Waals surface area contributed by atoms with E-state index in [-0.39, 0.29) is 16.7 Å². The van der Waals surface area contributed by atoms with E-state index in [2.05, 4.69) is 23.2 Å². The molecule has 1 saturated heterocycles. The molecule has 166 valence electrons.